The molecule has 6 nitrogen and oxygen atoms in total. The molecule has 0 radical (unpaired) electrons. The molecule has 28 heavy (non-hydrogen) atoms. The summed E-state index contributed by atoms with van der Waals surface area (Å²) in [6.45, 7) is 2.35. The Labute approximate surface area is 164 Å². The Morgan fingerprint density at radius 1 is 0.964 bits per heavy atom. The maximum Gasteiger partial charge on any atom is 0.254 e. The molecule has 0 atom stereocenters. The number of nitrogens with one attached hydrogen (secondary N) is 1. The molecule has 0 fully saturated rings. The lowest BCUT2D eigenvalue weighted by Gasteiger charge is -2.09. The number of hydrogen-bond donors (Lipinski definition) is 1. The van der Waals surface area contributed by atoms with Crippen LogP contribution in [-0.2, 0) is 6.42 Å². The first-order valence-corrected chi connectivity index (χ1v) is 9.00. The number of rotatable bonds is 7. The number of hydrogen-bond acceptors (Lipinski definition) is 5. The molecule has 2 aromatic carbocycles. The van der Waals surface area contributed by atoms with Crippen molar-refractivity contribution in [3.63, 3.8) is 0 Å². The number of ether oxygens (including phenoxy) is 2. The van der Waals surface area contributed by atoms with E-state index in [4.69, 9.17) is 9.47 Å². The van der Waals surface area contributed by atoms with Crippen LogP contribution in [0.25, 0.3) is 11.4 Å². The summed E-state index contributed by atoms with van der Waals surface area (Å²) < 4.78 is 10.3. The largest absolute Gasteiger partial charge is 0.497 e. The van der Waals surface area contributed by atoms with Gasteiger partial charge >= 0.3 is 0 Å². The van der Waals surface area contributed by atoms with E-state index in [1.54, 1.807) is 20.4 Å². The second-order valence-corrected chi connectivity index (χ2v) is 6.28. The first-order chi connectivity index (χ1) is 13.6. The van der Waals surface area contributed by atoms with Gasteiger partial charge in [0.25, 0.3) is 5.91 Å². The van der Waals surface area contributed by atoms with Gasteiger partial charge in [-0.3, -0.25) is 4.79 Å². The molecular weight excluding hydrogens is 354 g/mol. The molecule has 1 heterocycles. The Kier molecular flexibility index (Phi) is 6.22. The highest BCUT2D eigenvalue weighted by Crippen LogP contribution is 2.20. The fourth-order valence-corrected chi connectivity index (χ4v) is 2.78. The number of methoxy groups -OCH3 is 2. The van der Waals surface area contributed by atoms with Gasteiger partial charge in [-0.1, -0.05) is 12.1 Å². The summed E-state index contributed by atoms with van der Waals surface area (Å²) in [5, 5.41) is 2.92. The van der Waals surface area contributed by atoms with Crippen molar-refractivity contribution in [2.24, 2.45) is 0 Å². The quantitative estimate of drug-likeness (QED) is 0.683. The van der Waals surface area contributed by atoms with Gasteiger partial charge in [-0.25, -0.2) is 9.97 Å². The average molecular weight is 377 g/mol. The van der Waals surface area contributed by atoms with E-state index in [-0.39, 0.29) is 5.91 Å². The predicted molar refractivity (Wildman–Crippen MR) is 108 cm³/mol. The summed E-state index contributed by atoms with van der Waals surface area (Å²) in [6.07, 6.45) is 2.31. The molecule has 0 unspecified atom stereocenters. The summed E-state index contributed by atoms with van der Waals surface area (Å²) in [6, 6.07) is 15.3. The van der Waals surface area contributed by atoms with E-state index in [2.05, 4.69) is 15.3 Å². The van der Waals surface area contributed by atoms with Gasteiger partial charge in [0.1, 0.15) is 11.5 Å². The van der Waals surface area contributed by atoms with Crippen LogP contribution in [0.5, 0.6) is 11.5 Å². The van der Waals surface area contributed by atoms with Gasteiger partial charge in [-0.05, 0) is 55.3 Å². The van der Waals surface area contributed by atoms with Crippen LogP contribution < -0.4 is 14.8 Å². The molecular formula is C22H23N3O3. The van der Waals surface area contributed by atoms with Crippen molar-refractivity contribution in [2.45, 2.75) is 13.3 Å². The van der Waals surface area contributed by atoms with Gasteiger partial charge in [0, 0.05) is 18.3 Å². The molecule has 3 aromatic rings. The molecule has 0 aliphatic heterocycles. The highest BCUT2D eigenvalue weighted by atomic mass is 16.5. The molecule has 6 heteroatoms. The fraction of sp³-hybridized carbons (Fsp3) is 0.227. The highest BCUT2D eigenvalue weighted by molar-refractivity contribution is 5.95. The predicted octanol–water partition coefficient (Wildman–Crippen LogP) is 3.44. The Morgan fingerprint density at radius 2 is 1.57 bits per heavy atom. The fourth-order valence-electron chi connectivity index (χ4n) is 2.78. The number of carbonyl (C=O) groups excluding carboxylic acids is 1. The van der Waals surface area contributed by atoms with Gasteiger partial charge in [0.2, 0.25) is 0 Å². The number of aryl methyl sites for hydroxylation is 1. The van der Waals surface area contributed by atoms with Gasteiger partial charge in [0.15, 0.2) is 5.82 Å². The molecule has 0 bridgehead atoms. The van der Waals surface area contributed by atoms with Crippen molar-refractivity contribution in [2.75, 3.05) is 20.8 Å². The van der Waals surface area contributed by atoms with Gasteiger partial charge < -0.3 is 14.8 Å². The first-order valence-electron chi connectivity index (χ1n) is 9.00. The third-order valence-corrected chi connectivity index (χ3v) is 4.43. The van der Waals surface area contributed by atoms with E-state index in [1.165, 1.54) is 0 Å². The lowest BCUT2D eigenvalue weighted by molar-refractivity contribution is 0.0952. The molecule has 1 N–H and O–H groups in total. The second-order valence-electron chi connectivity index (χ2n) is 6.28. The van der Waals surface area contributed by atoms with Crippen molar-refractivity contribution >= 4 is 5.91 Å². The van der Waals surface area contributed by atoms with E-state index in [0.29, 0.717) is 23.6 Å². The SMILES string of the molecule is COc1ccc(CCNC(=O)c2cnc(-c3ccc(OC)cc3)nc2C)cc1. The van der Waals surface area contributed by atoms with Crippen molar-refractivity contribution in [3.05, 3.63) is 71.5 Å². The number of nitrogens with zero attached hydrogens (tertiary/aromatic N) is 2. The third-order valence-electron chi connectivity index (χ3n) is 4.43. The molecule has 0 saturated carbocycles. The van der Waals surface area contributed by atoms with Crippen LogP contribution in [0.1, 0.15) is 21.6 Å². The standard InChI is InChI=1S/C22H23N3O3/c1-15-20(14-24-21(25-15)17-6-10-19(28-3)11-7-17)22(26)23-13-12-16-4-8-18(27-2)9-5-16/h4-11,14H,12-13H2,1-3H3,(H,23,26). The van der Waals surface area contributed by atoms with E-state index < -0.39 is 0 Å². The van der Waals surface area contributed by atoms with Crippen LogP contribution in [0.15, 0.2) is 54.7 Å². The topological polar surface area (TPSA) is 73.3 Å². The van der Waals surface area contributed by atoms with Crippen LogP contribution in [0.4, 0.5) is 0 Å². The zero-order valence-corrected chi connectivity index (χ0v) is 16.2. The summed E-state index contributed by atoms with van der Waals surface area (Å²) in [5.41, 5.74) is 3.12. The maximum atomic E-state index is 12.5. The Morgan fingerprint density at radius 3 is 2.14 bits per heavy atom. The molecule has 1 aromatic heterocycles. The Hall–Kier alpha value is -3.41. The van der Waals surface area contributed by atoms with Crippen LogP contribution >= 0.6 is 0 Å². The second kappa shape index (κ2) is 8.99. The van der Waals surface area contributed by atoms with Crippen molar-refractivity contribution in [3.8, 4) is 22.9 Å². The first kappa shape index (κ1) is 19.4. The van der Waals surface area contributed by atoms with Crippen molar-refractivity contribution in [1.29, 1.82) is 0 Å². The van der Waals surface area contributed by atoms with Crippen molar-refractivity contribution in [1.82, 2.24) is 15.3 Å². The number of amides is 1. The van der Waals surface area contributed by atoms with E-state index >= 15 is 0 Å². The summed E-state index contributed by atoms with van der Waals surface area (Å²) in [4.78, 5) is 21.3. The summed E-state index contributed by atoms with van der Waals surface area (Å²) >= 11 is 0. The molecule has 144 valence electrons. The molecule has 3 rings (SSSR count). The van der Waals surface area contributed by atoms with E-state index in [1.807, 2.05) is 55.5 Å². The smallest absolute Gasteiger partial charge is 0.254 e. The van der Waals surface area contributed by atoms with E-state index in [0.717, 1.165) is 29.0 Å². The number of carbonyl (C=O) groups is 1. The molecule has 0 saturated heterocycles. The van der Waals surface area contributed by atoms with Gasteiger partial charge in [-0.15, -0.1) is 0 Å². The molecule has 1 amide bonds. The summed E-state index contributed by atoms with van der Waals surface area (Å²) in [7, 11) is 3.26. The van der Waals surface area contributed by atoms with E-state index in [9.17, 15) is 4.79 Å². The molecule has 0 aliphatic rings. The maximum absolute atomic E-state index is 12.5. The minimum atomic E-state index is -0.174. The summed E-state index contributed by atoms with van der Waals surface area (Å²) in [5.74, 6) is 1.99. The van der Waals surface area contributed by atoms with Crippen LogP contribution in [0.3, 0.4) is 0 Å². The minimum Gasteiger partial charge on any atom is -0.497 e. The monoisotopic (exact) mass is 377 g/mol. The molecule has 0 spiro atoms. The van der Waals surface area contributed by atoms with Crippen molar-refractivity contribution < 1.29 is 14.3 Å². The van der Waals surface area contributed by atoms with Crippen LogP contribution in [0, 0.1) is 6.92 Å². The third kappa shape index (κ3) is 4.65. The minimum absolute atomic E-state index is 0.174. The lowest BCUT2D eigenvalue weighted by Crippen LogP contribution is -2.27. The van der Waals surface area contributed by atoms with Crippen LogP contribution in [-0.4, -0.2) is 36.6 Å². The normalized spacial score (nSPS) is 10.4. The number of benzene rings is 2. The Bertz CT molecular complexity index is 938. The van der Waals surface area contributed by atoms with Gasteiger partial charge in [-0.2, -0.15) is 0 Å². The zero-order chi connectivity index (χ0) is 19.9. The average Bonchev–Trinajstić information content (AvgIpc) is 2.74. The van der Waals surface area contributed by atoms with Gasteiger partial charge in [0.05, 0.1) is 25.5 Å². The molecule has 0 aliphatic carbocycles. The number of aromatic nitrogens is 2. The van der Waals surface area contributed by atoms with Crippen LogP contribution in [0.2, 0.25) is 0 Å². The Balaban J connectivity index is 1.61. The lowest BCUT2D eigenvalue weighted by atomic mass is 10.1. The zero-order valence-electron chi connectivity index (χ0n) is 16.2. The highest BCUT2D eigenvalue weighted by Gasteiger charge is 2.12.